The van der Waals surface area contributed by atoms with E-state index >= 15 is 0 Å². The molecule has 0 fully saturated rings. The lowest BCUT2D eigenvalue weighted by Gasteiger charge is -2.22. The molecule has 0 spiro atoms. The predicted octanol–water partition coefficient (Wildman–Crippen LogP) is 1.78. The first kappa shape index (κ1) is 16.1. The number of ether oxygens (including phenoxy) is 2. The topological polar surface area (TPSA) is 89.1 Å². The Morgan fingerprint density at radius 2 is 1.86 bits per heavy atom. The number of aliphatic hydroxyl groups excluding tert-OH is 2. The summed E-state index contributed by atoms with van der Waals surface area (Å²) in [5, 5.41) is 20.9. The summed E-state index contributed by atoms with van der Waals surface area (Å²) in [5.41, 5.74) is 0.417. The van der Waals surface area contributed by atoms with Crippen LogP contribution in [0.5, 0.6) is 11.5 Å². The predicted molar refractivity (Wildman–Crippen MR) is 81.4 cm³/mol. The van der Waals surface area contributed by atoms with Crippen molar-refractivity contribution in [1.29, 1.82) is 0 Å². The molecule has 1 aromatic carbocycles. The number of fused-ring (bicyclic) bond motifs is 1. The van der Waals surface area contributed by atoms with Gasteiger partial charge in [0.15, 0.2) is 11.3 Å². The normalized spacial score (nSPS) is 13.7. The molecule has 0 bridgehead atoms. The van der Waals surface area contributed by atoms with Crippen molar-refractivity contribution in [1.82, 2.24) is 0 Å². The molecule has 0 aliphatic rings. The van der Waals surface area contributed by atoms with Gasteiger partial charge in [-0.3, -0.25) is 0 Å². The zero-order chi connectivity index (χ0) is 16.4. The Labute approximate surface area is 127 Å². The third kappa shape index (κ3) is 2.70. The first-order chi connectivity index (χ1) is 10.4. The SMILES string of the molecule is C=C(C)[C@@H](O)[C@H](O)c1cc2ccc(=O)oc2c(OC)c1OC. The van der Waals surface area contributed by atoms with Gasteiger partial charge in [0.25, 0.3) is 0 Å². The number of methoxy groups -OCH3 is 2. The largest absolute Gasteiger partial charge is 0.492 e. The van der Waals surface area contributed by atoms with Crippen molar-refractivity contribution >= 4 is 11.0 Å². The maximum Gasteiger partial charge on any atom is 0.336 e. The van der Waals surface area contributed by atoms with Crippen molar-refractivity contribution in [2.75, 3.05) is 14.2 Å². The Morgan fingerprint density at radius 1 is 1.23 bits per heavy atom. The zero-order valence-corrected chi connectivity index (χ0v) is 12.6. The molecule has 118 valence electrons. The van der Waals surface area contributed by atoms with E-state index in [-0.39, 0.29) is 17.1 Å². The zero-order valence-electron chi connectivity index (χ0n) is 12.6. The van der Waals surface area contributed by atoms with Crippen LogP contribution >= 0.6 is 0 Å². The van der Waals surface area contributed by atoms with Crippen molar-refractivity contribution in [3.05, 3.63) is 46.3 Å². The van der Waals surface area contributed by atoms with Crippen LogP contribution in [0.15, 0.2) is 39.6 Å². The molecule has 1 aromatic heterocycles. The molecule has 1 heterocycles. The molecule has 6 nitrogen and oxygen atoms in total. The second kappa shape index (κ2) is 6.21. The van der Waals surface area contributed by atoms with E-state index in [4.69, 9.17) is 13.9 Å². The minimum atomic E-state index is -1.25. The number of aliphatic hydroxyl groups is 2. The molecule has 0 aliphatic heterocycles. The Hall–Kier alpha value is -2.31. The van der Waals surface area contributed by atoms with Crippen LogP contribution in [0.25, 0.3) is 11.0 Å². The second-order valence-electron chi connectivity index (χ2n) is 4.94. The monoisotopic (exact) mass is 306 g/mol. The molecule has 2 N–H and O–H groups in total. The quantitative estimate of drug-likeness (QED) is 0.646. The van der Waals surface area contributed by atoms with Crippen LogP contribution in [-0.4, -0.2) is 30.5 Å². The summed E-state index contributed by atoms with van der Waals surface area (Å²) in [5.74, 6) is 0.373. The summed E-state index contributed by atoms with van der Waals surface area (Å²) in [7, 11) is 2.80. The third-order valence-electron chi connectivity index (χ3n) is 3.38. The highest BCUT2D eigenvalue weighted by molar-refractivity contribution is 5.87. The lowest BCUT2D eigenvalue weighted by Crippen LogP contribution is -2.20. The summed E-state index contributed by atoms with van der Waals surface area (Å²) in [6.07, 6.45) is -2.41. The molecule has 0 saturated carbocycles. The highest BCUT2D eigenvalue weighted by Crippen LogP contribution is 2.42. The van der Waals surface area contributed by atoms with Gasteiger partial charge in [-0.2, -0.15) is 0 Å². The summed E-state index contributed by atoms with van der Waals surface area (Å²) < 4.78 is 15.7. The van der Waals surface area contributed by atoms with Gasteiger partial charge in [0.05, 0.1) is 14.2 Å². The van der Waals surface area contributed by atoms with Crippen LogP contribution in [0.1, 0.15) is 18.6 Å². The maximum atomic E-state index is 11.4. The van der Waals surface area contributed by atoms with Gasteiger partial charge in [0.2, 0.25) is 5.75 Å². The lowest BCUT2D eigenvalue weighted by atomic mass is 9.97. The van der Waals surface area contributed by atoms with Gasteiger partial charge in [-0.15, -0.1) is 0 Å². The lowest BCUT2D eigenvalue weighted by molar-refractivity contribution is 0.0398. The van der Waals surface area contributed by atoms with E-state index in [2.05, 4.69) is 6.58 Å². The van der Waals surface area contributed by atoms with E-state index < -0.39 is 17.8 Å². The van der Waals surface area contributed by atoms with E-state index in [1.807, 2.05) is 0 Å². The first-order valence-corrected chi connectivity index (χ1v) is 6.61. The molecule has 0 radical (unpaired) electrons. The Morgan fingerprint density at radius 3 is 2.41 bits per heavy atom. The summed E-state index contributed by atoms with van der Waals surface area (Å²) in [6.45, 7) is 5.24. The molecule has 2 atom stereocenters. The van der Waals surface area contributed by atoms with Crippen LogP contribution < -0.4 is 15.1 Å². The molecular weight excluding hydrogens is 288 g/mol. The maximum absolute atomic E-state index is 11.4. The van der Waals surface area contributed by atoms with Gasteiger partial charge in [0.1, 0.15) is 12.2 Å². The molecule has 0 aliphatic carbocycles. The number of benzene rings is 1. The van der Waals surface area contributed by atoms with Gasteiger partial charge in [-0.1, -0.05) is 6.58 Å². The molecule has 2 aromatic rings. The molecule has 6 heteroatoms. The van der Waals surface area contributed by atoms with Crippen LogP contribution in [0.3, 0.4) is 0 Å². The number of hydrogen-bond donors (Lipinski definition) is 2. The standard InChI is InChI=1S/C16H18O6/c1-8(2)12(18)13(19)10-7-9-5-6-11(17)22-14(9)16(21-4)15(10)20-3/h5-7,12-13,18-19H,1H2,2-4H3/t12-,13-/m1/s1. The van der Waals surface area contributed by atoms with Crippen LogP contribution in [0.4, 0.5) is 0 Å². The van der Waals surface area contributed by atoms with Crippen molar-refractivity contribution in [3.63, 3.8) is 0 Å². The van der Waals surface area contributed by atoms with E-state index in [0.717, 1.165) is 0 Å². The van der Waals surface area contributed by atoms with Gasteiger partial charge in [-0.25, -0.2) is 4.79 Å². The molecule has 0 amide bonds. The number of rotatable bonds is 5. The molecule has 22 heavy (non-hydrogen) atoms. The summed E-state index contributed by atoms with van der Waals surface area (Å²) in [6, 6.07) is 4.39. The van der Waals surface area contributed by atoms with Gasteiger partial charge in [-0.05, 0) is 24.6 Å². The van der Waals surface area contributed by atoms with E-state index in [1.165, 1.54) is 20.3 Å². The Bertz CT molecular complexity index is 761. The van der Waals surface area contributed by atoms with Crippen molar-refractivity contribution in [3.8, 4) is 11.5 Å². The van der Waals surface area contributed by atoms with Gasteiger partial charge in [0, 0.05) is 17.0 Å². The van der Waals surface area contributed by atoms with E-state index in [9.17, 15) is 15.0 Å². The Kier molecular flexibility index (Phi) is 4.54. The van der Waals surface area contributed by atoms with E-state index in [0.29, 0.717) is 16.5 Å². The minimum absolute atomic E-state index is 0.181. The fourth-order valence-corrected chi connectivity index (χ4v) is 2.24. The second-order valence-corrected chi connectivity index (χ2v) is 4.94. The van der Waals surface area contributed by atoms with Crippen molar-refractivity contribution in [2.45, 2.75) is 19.1 Å². The molecular formula is C16H18O6. The Balaban J connectivity index is 2.76. The van der Waals surface area contributed by atoms with Crippen LogP contribution in [-0.2, 0) is 0 Å². The first-order valence-electron chi connectivity index (χ1n) is 6.61. The average molecular weight is 306 g/mol. The molecule has 0 saturated heterocycles. The van der Waals surface area contributed by atoms with Crippen LogP contribution in [0.2, 0.25) is 0 Å². The minimum Gasteiger partial charge on any atom is -0.492 e. The summed E-state index contributed by atoms with van der Waals surface area (Å²) in [4.78, 5) is 11.4. The van der Waals surface area contributed by atoms with Gasteiger partial charge >= 0.3 is 5.63 Å². The summed E-state index contributed by atoms with van der Waals surface area (Å²) >= 11 is 0. The van der Waals surface area contributed by atoms with Crippen molar-refractivity contribution < 1.29 is 24.1 Å². The number of hydrogen-bond acceptors (Lipinski definition) is 6. The average Bonchev–Trinajstić information content (AvgIpc) is 2.51. The van der Waals surface area contributed by atoms with Gasteiger partial charge < -0.3 is 24.1 Å². The third-order valence-corrected chi connectivity index (χ3v) is 3.38. The smallest absolute Gasteiger partial charge is 0.336 e. The van der Waals surface area contributed by atoms with E-state index in [1.54, 1.807) is 19.1 Å². The molecule has 2 rings (SSSR count). The highest BCUT2D eigenvalue weighted by Gasteiger charge is 2.27. The molecule has 0 unspecified atom stereocenters. The fraction of sp³-hybridized carbons (Fsp3) is 0.312. The highest BCUT2D eigenvalue weighted by atomic mass is 16.5. The van der Waals surface area contributed by atoms with Crippen molar-refractivity contribution in [2.24, 2.45) is 0 Å². The fourth-order valence-electron chi connectivity index (χ4n) is 2.24. The van der Waals surface area contributed by atoms with Crippen LogP contribution in [0, 0.1) is 0 Å².